The van der Waals surface area contributed by atoms with Gasteiger partial charge in [0.15, 0.2) is 16.7 Å². The van der Waals surface area contributed by atoms with E-state index >= 15 is 0 Å². The molecule has 9 heteroatoms. The van der Waals surface area contributed by atoms with Crippen molar-refractivity contribution >= 4 is 28.8 Å². The molecule has 1 atom stereocenters. The first kappa shape index (κ1) is 28.3. The van der Waals surface area contributed by atoms with E-state index in [1.54, 1.807) is 7.11 Å². The maximum atomic E-state index is 13.2. The second-order valence-electron chi connectivity index (χ2n) is 9.66. The molecule has 2 aliphatic heterocycles. The normalized spacial score (nSPS) is 16.5. The van der Waals surface area contributed by atoms with Crippen molar-refractivity contribution in [3.05, 3.63) is 82.0 Å². The number of ether oxygens (including phenoxy) is 3. The van der Waals surface area contributed by atoms with Crippen molar-refractivity contribution in [1.82, 2.24) is 10.2 Å². The van der Waals surface area contributed by atoms with E-state index in [0.717, 1.165) is 22.0 Å². The molecule has 0 saturated heterocycles. The van der Waals surface area contributed by atoms with Crippen LogP contribution >= 0.6 is 11.8 Å². The average molecular weight is 550 g/mol. The van der Waals surface area contributed by atoms with Gasteiger partial charge in [0.2, 0.25) is 5.91 Å². The molecule has 0 radical (unpaired) electrons. The topological polar surface area (TPSA) is 89.5 Å². The number of nitrogens with one attached hydrogen (secondary N) is 1. The third kappa shape index (κ3) is 6.47. The Kier molecular flexibility index (Phi) is 9.35. The van der Waals surface area contributed by atoms with Crippen molar-refractivity contribution in [2.45, 2.75) is 46.3 Å². The number of carbonyl (C=O) groups excluding carboxylic acids is 2. The van der Waals surface area contributed by atoms with Crippen LogP contribution in [0.2, 0.25) is 0 Å². The van der Waals surface area contributed by atoms with Gasteiger partial charge in [-0.25, -0.2) is 9.79 Å². The third-order valence-electron chi connectivity index (χ3n) is 6.42. The number of thioether (sulfide) groups is 1. The highest BCUT2D eigenvalue weighted by atomic mass is 32.2. The van der Waals surface area contributed by atoms with E-state index < -0.39 is 12.0 Å². The molecule has 0 spiro atoms. The molecule has 2 heterocycles. The zero-order chi connectivity index (χ0) is 27.9. The Balaban J connectivity index is 1.70. The van der Waals surface area contributed by atoms with Gasteiger partial charge in [0.25, 0.3) is 0 Å². The summed E-state index contributed by atoms with van der Waals surface area (Å²) in [5, 5.41) is 5.64. The summed E-state index contributed by atoms with van der Waals surface area (Å²) in [6.45, 7) is 7.06. The summed E-state index contributed by atoms with van der Waals surface area (Å²) < 4.78 is 17.0. The Morgan fingerprint density at radius 3 is 2.54 bits per heavy atom. The zero-order valence-corrected chi connectivity index (χ0v) is 23.8. The van der Waals surface area contributed by atoms with Gasteiger partial charge in [0.05, 0.1) is 38.0 Å². The zero-order valence-electron chi connectivity index (χ0n) is 23.0. The van der Waals surface area contributed by atoms with E-state index in [1.807, 2.05) is 65.8 Å². The van der Waals surface area contributed by atoms with Gasteiger partial charge < -0.3 is 24.4 Å². The lowest BCUT2D eigenvalue weighted by atomic mass is 9.92. The molecule has 1 amide bonds. The van der Waals surface area contributed by atoms with Crippen molar-refractivity contribution < 1.29 is 23.8 Å². The van der Waals surface area contributed by atoms with Crippen molar-refractivity contribution in [2.24, 2.45) is 10.9 Å². The van der Waals surface area contributed by atoms with E-state index in [0.29, 0.717) is 48.3 Å². The largest absolute Gasteiger partial charge is 0.493 e. The van der Waals surface area contributed by atoms with Crippen LogP contribution < -0.4 is 14.8 Å². The Hall–Kier alpha value is -3.72. The summed E-state index contributed by atoms with van der Waals surface area (Å²) in [5.74, 6) is 0.943. The first-order valence-corrected chi connectivity index (χ1v) is 13.9. The fourth-order valence-corrected chi connectivity index (χ4v) is 5.42. The number of fused-ring (bicyclic) bond motifs is 1. The summed E-state index contributed by atoms with van der Waals surface area (Å²) in [7, 11) is 2.96. The fraction of sp³-hybridized carbons (Fsp3) is 0.367. The van der Waals surface area contributed by atoms with Crippen molar-refractivity contribution in [2.75, 3.05) is 20.8 Å². The predicted octanol–water partition coefficient (Wildman–Crippen LogP) is 5.57. The number of aliphatic imine (C=N–C) groups is 1. The van der Waals surface area contributed by atoms with Gasteiger partial charge in [-0.3, -0.25) is 4.79 Å². The number of amidine groups is 1. The van der Waals surface area contributed by atoms with Gasteiger partial charge in [0.1, 0.15) is 6.61 Å². The van der Waals surface area contributed by atoms with Gasteiger partial charge in [-0.05, 0) is 41.0 Å². The van der Waals surface area contributed by atoms with Crippen LogP contribution in [0.4, 0.5) is 0 Å². The van der Waals surface area contributed by atoms with E-state index in [-0.39, 0.29) is 12.3 Å². The number of rotatable bonds is 11. The minimum absolute atomic E-state index is 0.0809. The van der Waals surface area contributed by atoms with Crippen LogP contribution in [-0.2, 0) is 20.9 Å². The lowest BCUT2D eigenvalue weighted by Crippen LogP contribution is -2.38. The summed E-state index contributed by atoms with van der Waals surface area (Å²) in [6, 6.07) is 15.0. The highest BCUT2D eigenvalue weighted by Crippen LogP contribution is 2.46. The van der Waals surface area contributed by atoms with E-state index in [2.05, 4.69) is 19.2 Å². The van der Waals surface area contributed by atoms with Crippen LogP contribution in [0.1, 0.15) is 50.8 Å². The molecule has 0 fully saturated rings. The van der Waals surface area contributed by atoms with Crippen LogP contribution in [0.3, 0.4) is 0 Å². The lowest BCUT2D eigenvalue weighted by Gasteiger charge is -2.36. The van der Waals surface area contributed by atoms with Crippen molar-refractivity contribution in [3.8, 4) is 11.5 Å². The number of hydrogen-bond acceptors (Lipinski definition) is 8. The number of allylic oxidation sites excluding steroid dienone is 1. The summed E-state index contributed by atoms with van der Waals surface area (Å²) in [6.07, 6.45) is 0.721. The number of nitrogens with zero attached hydrogens (tertiary/aromatic N) is 2. The Morgan fingerprint density at radius 1 is 1.10 bits per heavy atom. The quantitative estimate of drug-likeness (QED) is 0.366. The molecule has 206 valence electrons. The minimum Gasteiger partial charge on any atom is -0.493 e. The van der Waals surface area contributed by atoms with Crippen LogP contribution in [0.15, 0.2) is 75.9 Å². The number of carbonyl (C=O) groups is 2. The van der Waals surface area contributed by atoms with E-state index in [1.165, 1.54) is 18.9 Å². The molecule has 2 aromatic carbocycles. The van der Waals surface area contributed by atoms with E-state index in [9.17, 15) is 9.59 Å². The molecule has 1 N–H and O–H groups in total. The van der Waals surface area contributed by atoms with Crippen LogP contribution in [-0.4, -0.2) is 42.7 Å². The fourth-order valence-electron chi connectivity index (χ4n) is 4.48. The highest BCUT2D eigenvalue weighted by molar-refractivity contribution is 8.16. The Bertz CT molecular complexity index is 1300. The molecule has 0 unspecified atom stereocenters. The molecule has 2 aliphatic rings. The Labute approximate surface area is 234 Å². The van der Waals surface area contributed by atoms with Gasteiger partial charge >= 0.3 is 5.97 Å². The number of methoxy groups -OCH3 is 2. The van der Waals surface area contributed by atoms with E-state index in [4.69, 9.17) is 19.2 Å². The molecule has 0 aromatic heterocycles. The summed E-state index contributed by atoms with van der Waals surface area (Å²) in [4.78, 5) is 32.7. The summed E-state index contributed by atoms with van der Waals surface area (Å²) in [5.41, 5.74) is 3.71. The third-order valence-corrected chi connectivity index (χ3v) is 7.31. The number of esters is 1. The molecular weight excluding hydrogens is 514 g/mol. The standard InChI is InChI=1S/C30H35N3O5S/c1-6-23-27(29(35)37-5)28(33-22(18-39-30(33)32-23)15-26(34)31-16-19(2)3)21-12-13-24(25(14-21)36-4)38-17-20-10-8-7-9-11-20/h7-14,18-19,28H,6,15-17H2,1-5H3,(H,31,34)/t28-/m0/s1. The first-order chi connectivity index (χ1) is 18.9. The van der Waals surface area contributed by atoms with Crippen LogP contribution in [0.25, 0.3) is 0 Å². The van der Waals surface area contributed by atoms with Gasteiger partial charge in [0, 0.05) is 12.2 Å². The average Bonchev–Trinajstić information content (AvgIpc) is 3.35. The first-order valence-electron chi connectivity index (χ1n) is 13.0. The summed E-state index contributed by atoms with van der Waals surface area (Å²) >= 11 is 1.45. The molecular formula is C30H35N3O5S. The minimum atomic E-state index is -0.545. The number of hydrogen-bond donors (Lipinski definition) is 1. The van der Waals surface area contributed by atoms with Crippen molar-refractivity contribution in [3.63, 3.8) is 0 Å². The SMILES string of the molecule is CCC1=C(C(=O)OC)[C@H](c2ccc(OCc3ccccc3)c(OC)c2)N2C(CC(=O)NCC(C)C)=CSC2=N1. The molecule has 39 heavy (non-hydrogen) atoms. The second kappa shape index (κ2) is 12.9. The van der Waals surface area contributed by atoms with Crippen LogP contribution in [0, 0.1) is 5.92 Å². The molecule has 2 aromatic rings. The molecule has 4 rings (SSSR count). The van der Waals surface area contributed by atoms with Crippen LogP contribution in [0.5, 0.6) is 11.5 Å². The maximum absolute atomic E-state index is 13.2. The maximum Gasteiger partial charge on any atom is 0.338 e. The monoisotopic (exact) mass is 549 g/mol. The molecule has 0 bridgehead atoms. The highest BCUT2D eigenvalue weighted by Gasteiger charge is 2.41. The number of amides is 1. The smallest absolute Gasteiger partial charge is 0.338 e. The number of benzene rings is 2. The Morgan fingerprint density at radius 2 is 1.87 bits per heavy atom. The molecule has 0 saturated carbocycles. The van der Waals surface area contributed by atoms with Gasteiger partial charge in [-0.2, -0.15) is 0 Å². The van der Waals surface area contributed by atoms with Gasteiger partial charge in [-0.1, -0.05) is 68.9 Å². The lowest BCUT2D eigenvalue weighted by molar-refractivity contribution is -0.136. The predicted molar refractivity (Wildman–Crippen MR) is 153 cm³/mol. The molecule has 8 nitrogen and oxygen atoms in total. The molecule has 0 aliphatic carbocycles. The van der Waals surface area contributed by atoms with Gasteiger partial charge in [-0.15, -0.1) is 0 Å². The van der Waals surface area contributed by atoms with Crippen molar-refractivity contribution in [1.29, 1.82) is 0 Å². The second-order valence-corrected chi connectivity index (χ2v) is 10.5.